The first-order valence-corrected chi connectivity index (χ1v) is 12.8. The Hall–Kier alpha value is -2.35. The van der Waals surface area contributed by atoms with E-state index in [1.807, 2.05) is 49.4 Å². The van der Waals surface area contributed by atoms with E-state index >= 15 is 0 Å². The standard InChI is InChI=1S/C25H29ClN4O2S/c1-18-6-2-3-10-22(18)24-28-23(32-29-24)16-30-12-5-8-20(15-30)25(31)27-11-13-33-17-19-7-4-9-21(26)14-19/h2-4,6-7,9-10,14,20H,5,8,11-13,15-17H2,1H3,(H,27,31). The number of likely N-dealkylation sites (tertiary alicyclic amines) is 1. The summed E-state index contributed by atoms with van der Waals surface area (Å²) < 4.78 is 5.49. The van der Waals surface area contributed by atoms with Crippen molar-refractivity contribution in [3.05, 3.63) is 70.6 Å². The fraction of sp³-hybridized carbons (Fsp3) is 0.400. The van der Waals surface area contributed by atoms with Gasteiger partial charge in [0.15, 0.2) is 0 Å². The van der Waals surface area contributed by atoms with Crippen molar-refractivity contribution in [3.8, 4) is 11.4 Å². The molecule has 2 heterocycles. The van der Waals surface area contributed by atoms with Gasteiger partial charge in [-0.1, -0.05) is 53.2 Å². The van der Waals surface area contributed by atoms with Crippen molar-refractivity contribution in [2.75, 3.05) is 25.4 Å². The summed E-state index contributed by atoms with van der Waals surface area (Å²) in [6, 6.07) is 15.9. The lowest BCUT2D eigenvalue weighted by atomic mass is 9.97. The third-order valence-electron chi connectivity index (χ3n) is 5.79. The Bertz CT molecular complexity index is 1070. The first kappa shape index (κ1) is 23.8. The lowest BCUT2D eigenvalue weighted by Gasteiger charge is -2.30. The SMILES string of the molecule is Cc1ccccc1-c1noc(CN2CCCC(C(=O)NCCSCc3cccc(Cl)c3)C2)n1. The second-order valence-corrected chi connectivity index (χ2v) is 9.92. The number of aryl methyl sites for hydroxylation is 1. The summed E-state index contributed by atoms with van der Waals surface area (Å²) >= 11 is 7.82. The van der Waals surface area contributed by atoms with Gasteiger partial charge in [0.25, 0.3) is 0 Å². The van der Waals surface area contributed by atoms with Gasteiger partial charge in [-0.2, -0.15) is 16.7 Å². The van der Waals surface area contributed by atoms with Gasteiger partial charge < -0.3 is 9.84 Å². The number of halogens is 1. The third-order valence-corrected chi connectivity index (χ3v) is 7.06. The Labute approximate surface area is 204 Å². The van der Waals surface area contributed by atoms with Gasteiger partial charge in [-0.3, -0.25) is 9.69 Å². The van der Waals surface area contributed by atoms with Gasteiger partial charge in [0.1, 0.15) is 0 Å². The van der Waals surface area contributed by atoms with E-state index in [1.54, 1.807) is 11.8 Å². The maximum atomic E-state index is 12.7. The summed E-state index contributed by atoms with van der Waals surface area (Å²) in [7, 11) is 0. The zero-order chi connectivity index (χ0) is 23.0. The molecule has 1 N–H and O–H groups in total. The predicted octanol–water partition coefficient (Wildman–Crippen LogP) is 4.96. The highest BCUT2D eigenvalue weighted by Crippen LogP contribution is 2.22. The summed E-state index contributed by atoms with van der Waals surface area (Å²) in [5, 5.41) is 8.01. The topological polar surface area (TPSA) is 71.3 Å². The van der Waals surface area contributed by atoms with E-state index in [1.165, 1.54) is 5.56 Å². The fourth-order valence-electron chi connectivity index (χ4n) is 4.06. The van der Waals surface area contributed by atoms with Crippen LogP contribution in [0.4, 0.5) is 0 Å². The maximum absolute atomic E-state index is 12.7. The van der Waals surface area contributed by atoms with Crippen LogP contribution in [0.15, 0.2) is 53.1 Å². The molecule has 174 valence electrons. The summed E-state index contributed by atoms with van der Waals surface area (Å²) in [6.07, 6.45) is 1.90. The van der Waals surface area contributed by atoms with Crippen molar-refractivity contribution in [2.45, 2.75) is 32.1 Å². The van der Waals surface area contributed by atoms with Crippen LogP contribution in [0.25, 0.3) is 11.4 Å². The van der Waals surface area contributed by atoms with E-state index in [-0.39, 0.29) is 11.8 Å². The van der Waals surface area contributed by atoms with Crippen LogP contribution in [0.1, 0.15) is 29.9 Å². The normalized spacial score (nSPS) is 16.6. The number of carbonyl (C=O) groups is 1. The van der Waals surface area contributed by atoms with Gasteiger partial charge in [-0.05, 0) is 49.6 Å². The summed E-state index contributed by atoms with van der Waals surface area (Å²) in [5.74, 6) is 3.10. The van der Waals surface area contributed by atoms with Crippen LogP contribution in [0.5, 0.6) is 0 Å². The van der Waals surface area contributed by atoms with Crippen molar-refractivity contribution in [2.24, 2.45) is 5.92 Å². The minimum Gasteiger partial charge on any atom is -0.355 e. The number of piperidine rings is 1. The number of nitrogens with one attached hydrogen (secondary N) is 1. The number of aromatic nitrogens is 2. The Morgan fingerprint density at radius 1 is 1.27 bits per heavy atom. The van der Waals surface area contributed by atoms with E-state index in [0.717, 1.165) is 47.0 Å². The number of thioether (sulfide) groups is 1. The molecule has 1 aliphatic heterocycles. The van der Waals surface area contributed by atoms with Gasteiger partial charge >= 0.3 is 0 Å². The summed E-state index contributed by atoms with van der Waals surface area (Å²) in [4.78, 5) is 19.5. The number of amides is 1. The van der Waals surface area contributed by atoms with Crippen molar-refractivity contribution in [1.29, 1.82) is 0 Å². The quantitative estimate of drug-likeness (QED) is 0.433. The van der Waals surface area contributed by atoms with E-state index in [2.05, 4.69) is 26.4 Å². The molecule has 1 atom stereocenters. The zero-order valence-electron chi connectivity index (χ0n) is 18.8. The number of nitrogens with zero attached hydrogens (tertiary/aromatic N) is 3. The first-order valence-electron chi connectivity index (χ1n) is 11.3. The molecular weight excluding hydrogens is 456 g/mol. The molecule has 1 aliphatic rings. The molecule has 0 radical (unpaired) electrons. The smallest absolute Gasteiger partial charge is 0.241 e. The van der Waals surface area contributed by atoms with Crippen molar-refractivity contribution in [3.63, 3.8) is 0 Å². The summed E-state index contributed by atoms with van der Waals surface area (Å²) in [6.45, 7) is 4.92. The molecule has 1 aromatic heterocycles. The molecule has 4 rings (SSSR count). The van der Waals surface area contributed by atoms with Crippen LogP contribution in [0, 0.1) is 12.8 Å². The Kier molecular flexibility index (Phi) is 8.42. The van der Waals surface area contributed by atoms with E-state index in [4.69, 9.17) is 16.1 Å². The molecule has 1 fully saturated rings. The van der Waals surface area contributed by atoms with Crippen LogP contribution in [0.3, 0.4) is 0 Å². The lowest BCUT2D eigenvalue weighted by Crippen LogP contribution is -2.43. The van der Waals surface area contributed by atoms with Gasteiger partial charge in [0, 0.05) is 35.2 Å². The second kappa shape index (κ2) is 11.7. The van der Waals surface area contributed by atoms with E-state index in [9.17, 15) is 4.79 Å². The summed E-state index contributed by atoms with van der Waals surface area (Å²) in [5.41, 5.74) is 3.30. The zero-order valence-corrected chi connectivity index (χ0v) is 20.4. The highest BCUT2D eigenvalue weighted by molar-refractivity contribution is 7.98. The molecule has 0 aliphatic carbocycles. The lowest BCUT2D eigenvalue weighted by molar-refractivity contribution is -0.126. The molecule has 6 nitrogen and oxygen atoms in total. The molecule has 2 aromatic carbocycles. The Balaban J connectivity index is 1.20. The number of benzene rings is 2. The number of hydrogen-bond acceptors (Lipinski definition) is 6. The largest absolute Gasteiger partial charge is 0.355 e. The Morgan fingerprint density at radius 2 is 2.15 bits per heavy atom. The highest BCUT2D eigenvalue weighted by Gasteiger charge is 2.26. The van der Waals surface area contributed by atoms with Crippen LogP contribution in [0.2, 0.25) is 5.02 Å². The molecule has 8 heteroatoms. The van der Waals surface area contributed by atoms with Gasteiger partial charge in [0.05, 0.1) is 12.5 Å². The van der Waals surface area contributed by atoms with Gasteiger partial charge in [-0.25, -0.2) is 0 Å². The third kappa shape index (κ3) is 6.82. The molecule has 0 bridgehead atoms. The number of hydrogen-bond donors (Lipinski definition) is 1. The van der Waals surface area contributed by atoms with Crippen molar-refractivity contribution in [1.82, 2.24) is 20.4 Å². The van der Waals surface area contributed by atoms with Crippen molar-refractivity contribution >= 4 is 29.3 Å². The fourth-order valence-corrected chi connectivity index (χ4v) is 5.08. The monoisotopic (exact) mass is 484 g/mol. The molecule has 3 aromatic rings. The number of rotatable bonds is 9. The second-order valence-electron chi connectivity index (χ2n) is 8.37. The van der Waals surface area contributed by atoms with E-state index in [0.29, 0.717) is 31.3 Å². The van der Waals surface area contributed by atoms with Crippen LogP contribution >= 0.6 is 23.4 Å². The molecule has 0 spiro atoms. The van der Waals surface area contributed by atoms with Crippen LogP contribution in [-0.4, -0.2) is 46.3 Å². The first-order chi connectivity index (χ1) is 16.1. The molecule has 0 saturated carbocycles. The molecule has 1 amide bonds. The predicted molar refractivity (Wildman–Crippen MR) is 133 cm³/mol. The minimum absolute atomic E-state index is 0.00422. The molecular formula is C25H29ClN4O2S. The number of carbonyl (C=O) groups excluding carboxylic acids is 1. The molecule has 1 unspecified atom stereocenters. The van der Waals surface area contributed by atoms with E-state index < -0.39 is 0 Å². The van der Waals surface area contributed by atoms with Crippen LogP contribution < -0.4 is 5.32 Å². The minimum atomic E-state index is -0.00422. The Morgan fingerprint density at radius 3 is 3.00 bits per heavy atom. The average molecular weight is 485 g/mol. The average Bonchev–Trinajstić information content (AvgIpc) is 3.27. The molecule has 1 saturated heterocycles. The van der Waals surface area contributed by atoms with Crippen LogP contribution in [-0.2, 0) is 17.1 Å². The maximum Gasteiger partial charge on any atom is 0.241 e. The van der Waals surface area contributed by atoms with Crippen molar-refractivity contribution < 1.29 is 9.32 Å². The molecule has 33 heavy (non-hydrogen) atoms. The highest BCUT2D eigenvalue weighted by atomic mass is 35.5. The van der Waals surface area contributed by atoms with Gasteiger partial charge in [-0.15, -0.1) is 0 Å². The van der Waals surface area contributed by atoms with Gasteiger partial charge in [0.2, 0.25) is 17.6 Å².